The predicted octanol–water partition coefficient (Wildman–Crippen LogP) is 3.98. The zero-order chi connectivity index (χ0) is 13.3. The molecular formula is C12H15BrN2OS2. The van der Waals surface area contributed by atoms with Crippen LogP contribution in [-0.2, 0) is 10.8 Å². The Morgan fingerprint density at radius 2 is 2.06 bits per heavy atom. The van der Waals surface area contributed by atoms with E-state index in [1.807, 2.05) is 13.8 Å². The fraction of sp³-hybridized carbons (Fsp3) is 0.500. The van der Waals surface area contributed by atoms with Crippen molar-refractivity contribution in [2.45, 2.75) is 38.0 Å². The smallest absolute Gasteiger partial charge is 0.183 e. The van der Waals surface area contributed by atoms with E-state index in [2.05, 4.69) is 32.8 Å². The second kappa shape index (κ2) is 5.75. The number of fused-ring (bicyclic) bond motifs is 1. The Balaban J connectivity index is 2.44. The highest BCUT2D eigenvalue weighted by Crippen LogP contribution is 2.32. The lowest BCUT2D eigenvalue weighted by Crippen LogP contribution is -1.96. The molecule has 2 rings (SSSR count). The van der Waals surface area contributed by atoms with Gasteiger partial charge in [-0.25, -0.2) is 9.97 Å². The summed E-state index contributed by atoms with van der Waals surface area (Å²) in [5.41, 5.74) is 2.78. The molecule has 0 aliphatic heterocycles. The maximum absolute atomic E-state index is 12.1. The zero-order valence-corrected chi connectivity index (χ0v) is 13.8. The standard InChI is InChI=1S/C12H15BrN2OS2/c1-4-5-6-18(16)12-15-11-10(17-12)7(2)9(13)8(3)14-11/h4-6H2,1-3H3. The molecule has 3 nitrogen and oxygen atoms in total. The third-order valence-electron chi connectivity index (χ3n) is 2.73. The predicted molar refractivity (Wildman–Crippen MR) is 80.8 cm³/mol. The van der Waals surface area contributed by atoms with Crippen LogP contribution in [0.3, 0.4) is 0 Å². The van der Waals surface area contributed by atoms with Crippen LogP contribution in [0.4, 0.5) is 0 Å². The molecule has 0 aromatic carbocycles. The van der Waals surface area contributed by atoms with Crippen molar-refractivity contribution < 1.29 is 4.21 Å². The van der Waals surface area contributed by atoms with Gasteiger partial charge in [0.2, 0.25) is 0 Å². The molecule has 0 spiro atoms. The van der Waals surface area contributed by atoms with Crippen LogP contribution in [0.1, 0.15) is 31.0 Å². The summed E-state index contributed by atoms with van der Waals surface area (Å²) in [4.78, 5) is 8.85. The van der Waals surface area contributed by atoms with E-state index in [9.17, 15) is 4.21 Å². The fourth-order valence-corrected chi connectivity index (χ4v) is 4.60. The molecule has 0 aliphatic carbocycles. The number of halogens is 1. The molecule has 18 heavy (non-hydrogen) atoms. The summed E-state index contributed by atoms with van der Waals surface area (Å²) in [6.07, 6.45) is 2.02. The van der Waals surface area contributed by atoms with Crippen LogP contribution in [0.25, 0.3) is 10.3 Å². The molecule has 0 N–H and O–H groups in total. The SMILES string of the molecule is CCCCS(=O)c1nc2nc(C)c(Br)c(C)c2s1. The van der Waals surface area contributed by atoms with Gasteiger partial charge in [0.25, 0.3) is 0 Å². The van der Waals surface area contributed by atoms with E-state index in [1.54, 1.807) is 0 Å². The van der Waals surface area contributed by atoms with Crippen molar-refractivity contribution in [1.29, 1.82) is 0 Å². The van der Waals surface area contributed by atoms with Crippen LogP contribution < -0.4 is 0 Å². The van der Waals surface area contributed by atoms with E-state index in [4.69, 9.17) is 0 Å². The highest BCUT2D eigenvalue weighted by Gasteiger charge is 2.15. The van der Waals surface area contributed by atoms with Gasteiger partial charge in [-0.3, -0.25) is 4.21 Å². The number of thiazole rings is 1. The molecule has 1 atom stereocenters. The van der Waals surface area contributed by atoms with Gasteiger partial charge < -0.3 is 0 Å². The van der Waals surface area contributed by atoms with Crippen LogP contribution in [0, 0.1) is 13.8 Å². The lowest BCUT2D eigenvalue weighted by molar-refractivity contribution is 0.679. The first-order chi connectivity index (χ1) is 8.54. The minimum absolute atomic E-state index is 0.690. The summed E-state index contributed by atoms with van der Waals surface area (Å²) in [6.45, 7) is 6.09. The van der Waals surface area contributed by atoms with Gasteiger partial charge in [-0.05, 0) is 41.8 Å². The monoisotopic (exact) mass is 346 g/mol. The number of unbranched alkanes of at least 4 members (excludes halogenated alkanes) is 1. The minimum Gasteiger partial charge on any atom is -0.252 e. The van der Waals surface area contributed by atoms with Crippen LogP contribution in [0.2, 0.25) is 0 Å². The summed E-state index contributed by atoms with van der Waals surface area (Å²) >= 11 is 5.03. The summed E-state index contributed by atoms with van der Waals surface area (Å²) in [5, 5.41) is 0. The number of hydrogen-bond donors (Lipinski definition) is 0. The number of nitrogens with zero attached hydrogens (tertiary/aromatic N) is 2. The molecule has 2 aromatic rings. The Bertz CT molecular complexity index is 610. The second-order valence-corrected chi connectivity index (χ2v) is 7.71. The van der Waals surface area contributed by atoms with Gasteiger partial charge in [-0.15, -0.1) is 11.3 Å². The second-order valence-electron chi connectivity index (χ2n) is 4.17. The van der Waals surface area contributed by atoms with Gasteiger partial charge in [-0.1, -0.05) is 13.3 Å². The lowest BCUT2D eigenvalue weighted by atomic mass is 10.2. The molecule has 0 fully saturated rings. The topological polar surface area (TPSA) is 42.9 Å². The Hall–Kier alpha value is -0.330. The van der Waals surface area contributed by atoms with E-state index in [1.165, 1.54) is 11.3 Å². The average Bonchev–Trinajstić information content (AvgIpc) is 2.77. The van der Waals surface area contributed by atoms with E-state index >= 15 is 0 Å². The van der Waals surface area contributed by atoms with Crippen LogP contribution >= 0.6 is 27.3 Å². The lowest BCUT2D eigenvalue weighted by Gasteiger charge is -2.01. The van der Waals surface area contributed by atoms with Crippen molar-refractivity contribution in [3.05, 3.63) is 15.7 Å². The van der Waals surface area contributed by atoms with Gasteiger partial charge in [-0.2, -0.15) is 0 Å². The number of aromatic nitrogens is 2. The van der Waals surface area contributed by atoms with E-state index in [0.29, 0.717) is 10.1 Å². The zero-order valence-electron chi connectivity index (χ0n) is 10.6. The normalized spacial score (nSPS) is 13.1. The summed E-state index contributed by atoms with van der Waals surface area (Å²) in [5.74, 6) is 0.690. The molecule has 98 valence electrons. The first-order valence-electron chi connectivity index (χ1n) is 5.86. The van der Waals surface area contributed by atoms with Crippen LogP contribution in [0.15, 0.2) is 8.81 Å². The molecule has 6 heteroatoms. The van der Waals surface area contributed by atoms with Gasteiger partial charge in [0.05, 0.1) is 21.2 Å². The molecular weight excluding hydrogens is 332 g/mol. The Morgan fingerprint density at radius 3 is 2.72 bits per heavy atom. The summed E-state index contributed by atoms with van der Waals surface area (Å²) < 4.78 is 14.8. The largest absolute Gasteiger partial charge is 0.252 e. The maximum atomic E-state index is 12.1. The van der Waals surface area contributed by atoms with E-state index in [0.717, 1.165) is 38.9 Å². The van der Waals surface area contributed by atoms with Crippen LogP contribution in [-0.4, -0.2) is 19.9 Å². The van der Waals surface area contributed by atoms with E-state index < -0.39 is 10.8 Å². The molecule has 0 radical (unpaired) electrons. The third-order valence-corrected chi connectivity index (χ3v) is 6.80. The Labute approximate surface area is 122 Å². The summed E-state index contributed by atoms with van der Waals surface area (Å²) in [7, 11) is -0.985. The number of rotatable bonds is 4. The quantitative estimate of drug-likeness (QED) is 0.840. The molecule has 2 aromatic heterocycles. The molecule has 0 aliphatic rings. The van der Waals surface area contributed by atoms with Crippen molar-refractivity contribution in [2.24, 2.45) is 0 Å². The minimum atomic E-state index is -0.985. The number of aryl methyl sites for hydroxylation is 2. The van der Waals surface area contributed by atoms with E-state index in [-0.39, 0.29) is 0 Å². The number of hydrogen-bond acceptors (Lipinski definition) is 4. The van der Waals surface area contributed by atoms with Crippen molar-refractivity contribution in [3.8, 4) is 0 Å². The van der Waals surface area contributed by atoms with Crippen molar-refractivity contribution in [2.75, 3.05) is 5.75 Å². The van der Waals surface area contributed by atoms with Gasteiger partial charge >= 0.3 is 0 Å². The molecule has 0 saturated heterocycles. The first-order valence-corrected chi connectivity index (χ1v) is 8.79. The average molecular weight is 347 g/mol. The van der Waals surface area contributed by atoms with Crippen molar-refractivity contribution >= 4 is 48.4 Å². The Morgan fingerprint density at radius 1 is 1.33 bits per heavy atom. The van der Waals surface area contributed by atoms with Gasteiger partial charge in [0, 0.05) is 10.2 Å². The summed E-state index contributed by atoms with van der Waals surface area (Å²) in [6, 6.07) is 0. The molecule has 2 heterocycles. The number of pyridine rings is 1. The Kier molecular flexibility index (Phi) is 4.50. The van der Waals surface area contributed by atoms with Gasteiger partial charge in [0.1, 0.15) is 0 Å². The molecule has 0 bridgehead atoms. The highest BCUT2D eigenvalue weighted by atomic mass is 79.9. The molecule has 1 unspecified atom stereocenters. The van der Waals surface area contributed by atoms with Crippen molar-refractivity contribution in [1.82, 2.24) is 9.97 Å². The van der Waals surface area contributed by atoms with Crippen LogP contribution in [0.5, 0.6) is 0 Å². The first kappa shape index (κ1) is 14.1. The molecule has 0 amide bonds. The third kappa shape index (κ3) is 2.65. The molecule has 0 saturated carbocycles. The highest BCUT2D eigenvalue weighted by molar-refractivity contribution is 9.10. The maximum Gasteiger partial charge on any atom is 0.183 e. The fourth-order valence-electron chi connectivity index (χ4n) is 1.65. The van der Waals surface area contributed by atoms with Crippen molar-refractivity contribution in [3.63, 3.8) is 0 Å². The van der Waals surface area contributed by atoms with Gasteiger partial charge in [0.15, 0.2) is 9.99 Å².